The van der Waals surface area contributed by atoms with Gasteiger partial charge in [-0.1, -0.05) is 44.2 Å². The second kappa shape index (κ2) is 7.39. The highest BCUT2D eigenvalue weighted by Crippen LogP contribution is 2.31. The maximum Gasteiger partial charge on any atom is 0.0766 e. The first kappa shape index (κ1) is 14.3. The van der Waals surface area contributed by atoms with Gasteiger partial charge in [-0.15, -0.1) is 22.7 Å². The molecule has 3 heteroatoms. The fraction of sp³-hybridized carbons (Fsp3) is 0.529. The molecule has 0 bridgehead atoms. The largest absolute Gasteiger partial charge is 0.302 e. The third kappa shape index (κ3) is 3.72. The Morgan fingerprint density at radius 2 is 1.40 bits per heavy atom. The molecule has 0 radical (unpaired) electrons. The summed E-state index contributed by atoms with van der Waals surface area (Å²) in [6, 6.07) is 9.96. The number of thiophene rings is 2. The van der Waals surface area contributed by atoms with Gasteiger partial charge in [0.05, 0.1) is 6.04 Å². The molecule has 1 N–H and O–H groups in total. The van der Waals surface area contributed by atoms with Crippen molar-refractivity contribution in [2.75, 3.05) is 0 Å². The van der Waals surface area contributed by atoms with Gasteiger partial charge in [0.1, 0.15) is 0 Å². The monoisotopic (exact) mass is 305 g/mol. The Hall–Kier alpha value is -0.640. The molecule has 0 aromatic carbocycles. The summed E-state index contributed by atoms with van der Waals surface area (Å²) in [5.41, 5.74) is 0. The van der Waals surface area contributed by atoms with E-state index in [-0.39, 0.29) is 0 Å². The van der Waals surface area contributed by atoms with Gasteiger partial charge in [-0.25, -0.2) is 0 Å². The van der Waals surface area contributed by atoms with E-state index < -0.39 is 0 Å². The van der Waals surface area contributed by atoms with E-state index in [2.05, 4.69) is 40.3 Å². The Balaban J connectivity index is 1.72. The highest BCUT2D eigenvalue weighted by atomic mass is 32.1. The van der Waals surface area contributed by atoms with Gasteiger partial charge in [-0.3, -0.25) is 0 Å². The minimum Gasteiger partial charge on any atom is -0.302 e. The number of hydrogen-bond acceptors (Lipinski definition) is 3. The molecule has 0 amide bonds. The number of hydrogen-bond donors (Lipinski definition) is 1. The summed E-state index contributed by atoms with van der Waals surface area (Å²) in [6.07, 6.45) is 9.73. The summed E-state index contributed by atoms with van der Waals surface area (Å²) in [5, 5.41) is 8.33. The lowest BCUT2D eigenvalue weighted by atomic mass is 9.96. The molecule has 0 spiro atoms. The van der Waals surface area contributed by atoms with Crippen molar-refractivity contribution in [2.24, 2.45) is 0 Å². The third-order valence-electron chi connectivity index (χ3n) is 4.16. The summed E-state index contributed by atoms with van der Waals surface area (Å²) in [7, 11) is 0. The smallest absolute Gasteiger partial charge is 0.0766 e. The zero-order valence-corrected chi connectivity index (χ0v) is 13.5. The minimum absolute atomic E-state index is 0.402. The third-order valence-corrected chi connectivity index (χ3v) is 6.04. The minimum atomic E-state index is 0.402. The molecule has 1 aliphatic carbocycles. The first-order valence-corrected chi connectivity index (χ1v) is 9.52. The zero-order valence-electron chi connectivity index (χ0n) is 11.9. The molecule has 0 aliphatic heterocycles. The van der Waals surface area contributed by atoms with Crippen LogP contribution >= 0.6 is 22.7 Å². The molecule has 20 heavy (non-hydrogen) atoms. The molecule has 1 saturated carbocycles. The first-order chi connectivity index (χ1) is 9.93. The van der Waals surface area contributed by atoms with Crippen molar-refractivity contribution < 1.29 is 0 Å². The Morgan fingerprint density at radius 3 is 1.90 bits per heavy atom. The van der Waals surface area contributed by atoms with Crippen LogP contribution in [0.3, 0.4) is 0 Å². The molecule has 1 nitrogen and oxygen atoms in total. The van der Waals surface area contributed by atoms with Gasteiger partial charge in [0, 0.05) is 15.8 Å². The van der Waals surface area contributed by atoms with Gasteiger partial charge in [0.15, 0.2) is 0 Å². The summed E-state index contributed by atoms with van der Waals surface area (Å²) >= 11 is 3.74. The molecular formula is C17H23NS2. The van der Waals surface area contributed by atoms with Gasteiger partial charge in [-0.05, 0) is 35.7 Å². The van der Waals surface area contributed by atoms with Crippen LogP contribution < -0.4 is 5.32 Å². The molecule has 1 aliphatic rings. The SMILES string of the molecule is c1csc(C(NC2CCCCCCC2)c2cccs2)c1. The van der Waals surface area contributed by atoms with Gasteiger partial charge in [-0.2, -0.15) is 0 Å². The predicted molar refractivity (Wildman–Crippen MR) is 89.7 cm³/mol. The normalized spacial score (nSPS) is 18.1. The highest BCUT2D eigenvalue weighted by molar-refractivity contribution is 7.11. The average Bonchev–Trinajstić information content (AvgIpc) is 3.11. The van der Waals surface area contributed by atoms with E-state index in [4.69, 9.17) is 0 Å². The van der Waals surface area contributed by atoms with Crippen molar-refractivity contribution >= 4 is 22.7 Å². The second-order valence-corrected chi connectivity index (χ2v) is 7.63. The van der Waals surface area contributed by atoms with Gasteiger partial charge in [0.25, 0.3) is 0 Å². The molecule has 0 atom stereocenters. The van der Waals surface area contributed by atoms with Crippen molar-refractivity contribution in [3.8, 4) is 0 Å². The van der Waals surface area contributed by atoms with Gasteiger partial charge in [0.2, 0.25) is 0 Å². The van der Waals surface area contributed by atoms with Crippen molar-refractivity contribution in [3.05, 3.63) is 44.8 Å². The van der Waals surface area contributed by atoms with Crippen LogP contribution in [0.2, 0.25) is 0 Å². The van der Waals surface area contributed by atoms with E-state index in [9.17, 15) is 0 Å². The van der Waals surface area contributed by atoms with Crippen LogP contribution in [0.15, 0.2) is 35.0 Å². The molecule has 0 unspecified atom stereocenters. The van der Waals surface area contributed by atoms with E-state index in [0.29, 0.717) is 12.1 Å². The second-order valence-electron chi connectivity index (χ2n) is 5.67. The van der Waals surface area contributed by atoms with Crippen molar-refractivity contribution in [1.82, 2.24) is 5.32 Å². The van der Waals surface area contributed by atoms with Crippen molar-refractivity contribution in [2.45, 2.75) is 57.0 Å². The van der Waals surface area contributed by atoms with E-state index >= 15 is 0 Å². The Bertz CT molecular complexity index is 433. The number of nitrogens with one attached hydrogen (secondary N) is 1. The molecule has 0 saturated heterocycles. The molecule has 2 heterocycles. The molecule has 2 aromatic rings. The lowest BCUT2D eigenvalue weighted by molar-refractivity contribution is 0.373. The van der Waals surface area contributed by atoms with Crippen molar-refractivity contribution in [3.63, 3.8) is 0 Å². The fourth-order valence-corrected chi connectivity index (χ4v) is 4.75. The van der Waals surface area contributed by atoms with Crippen LogP contribution in [0.5, 0.6) is 0 Å². The van der Waals surface area contributed by atoms with E-state index in [1.807, 2.05) is 22.7 Å². The standard InChI is InChI=1S/C17H23NS2/c1-2-4-8-14(9-5-3-1)18-17(15-10-6-12-19-15)16-11-7-13-20-16/h6-7,10-14,17-18H,1-5,8-9H2. The van der Waals surface area contributed by atoms with Crippen LogP contribution in [0.25, 0.3) is 0 Å². The van der Waals surface area contributed by atoms with E-state index in [1.165, 1.54) is 54.7 Å². The van der Waals surface area contributed by atoms with Crippen LogP contribution in [-0.2, 0) is 0 Å². The first-order valence-electron chi connectivity index (χ1n) is 7.76. The van der Waals surface area contributed by atoms with Crippen LogP contribution in [-0.4, -0.2) is 6.04 Å². The summed E-state index contributed by atoms with van der Waals surface area (Å²) in [6.45, 7) is 0. The zero-order chi connectivity index (χ0) is 13.6. The molecule has 1 fully saturated rings. The van der Waals surface area contributed by atoms with Crippen molar-refractivity contribution in [1.29, 1.82) is 0 Å². The topological polar surface area (TPSA) is 12.0 Å². The Kier molecular flexibility index (Phi) is 5.29. The Labute approximate surface area is 130 Å². The maximum atomic E-state index is 3.95. The summed E-state index contributed by atoms with van der Waals surface area (Å²) in [5.74, 6) is 0. The molecular weight excluding hydrogens is 282 g/mol. The van der Waals surface area contributed by atoms with Crippen LogP contribution in [0.4, 0.5) is 0 Å². The Morgan fingerprint density at radius 1 is 0.850 bits per heavy atom. The molecule has 3 rings (SSSR count). The molecule has 108 valence electrons. The predicted octanol–water partition coefficient (Wildman–Crippen LogP) is 5.60. The van der Waals surface area contributed by atoms with E-state index in [1.54, 1.807) is 0 Å². The highest BCUT2D eigenvalue weighted by Gasteiger charge is 2.20. The van der Waals surface area contributed by atoms with Gasteiger partial charge < -0.3 is 5.32 Å². The van der Waals surface area contributed by atoms with Crippen LogP contribution in [0, 0.1) is 0 Å². The van der Waals surface area contributed by atoms with Crippen LogP contribution in [0.1, 0.15) is 60.7 Å². The molecule has 2 aromatic heterocycles. The lowest BCUT2D eigenvalue weighted by Gasteiger charge is -2.26. The fourth-order valence-electron chi connectivity index (χ4n) is 3.07. The summed E-state index contributed by atoms with van der Waals surface area (Å²) < 4.78 is 0. The quantitative estimate of drug-likeness (QED) is 0.775. The summed E-state index contributed by atoms with van der Waals surface area (Å²) in [4.78, 5) is 2.91. The number of rotatable bonds is 4. The van der Waals surface area contributed by atoms with E-state index in [0.717, 1.165) is 0 Å². The van der Waals surface area contributed by atoms with Gasteiger partial charge >= 0.3 is 0 Å². The average molecular weight is 306 g/mol. The maximum absolute atomic E-state index is 3.95. The lowest BCUT2D eigenvalue weighted by Crippen LogP contribution is -2.33.